The number of nitriles is 1. The third-order valence-electron chi connectivity index (χ3n) is 5.11. The van der Waals surface area contributed by atoms with Gasteiger partial charge in [-0.15, -0.1) is 0 Å². The van der Waals surface area contributed by atoms with Gasteiger partial charge in [0.25, 0.3) is 5.91 Å². The Bertz CT molecular complexity index is 1120. The third kappa shape index (κ3) is 5.26. The predicted molar refractivity (Wildman–Crippen MR) is 136 cm³/mol. The van der Waals surface area contributed by atoms with E-state index in [1.807, 2.05) is 36.4 Å². The highest BCUT2D eigenvalue weighted by atomic mass is 79.9. The number of carbonyl (C=O) groups excluding carboxylic acids is 1. The molecule has 32 heavy (non-hydrogen) atoms. The number of hydrogen-bond donors (Lipinski definition) is 0. The molecule has 4 rings (SSSR count). The van der Waals surface area contributed by atoms with Crippen LogP contribution in [0.3, 0.4) is 0 Å². The quantitative estimate of drug-likeness (QED) is 0.300. The first-order valence-corrected chi connectivity index (χ1v) is 12.7. The first-order chi connectivity index (χ1) is 15.5. The van der Waals surface area contributed by atoms with Crippen LogP contribution in [0.1, 0.15) is 29.5 Å². The van der Waals surface area contributed by atoms with Gasteiger partial charge in [0.15, 0.2) is 0 Å². The summed E-state index contributed by atoms with van der Waals surface area (Å²) in [5.41, 5.74) is 2.24. The highest BCUT2D eigenvalue weighted by molar-refractivity contribution is 9.11. The Hall–Kier alpha value is -1.70. The molecule has 164 valence electrons. The molecule has 0 radical (unpaired) electrons. The molecule has 0 bridgehead atoms. The highest BCUT2D eigenvalue weighted by Gasteiger charge is 2.34. The minimum Gasteiger partial charge on any atom is -0.486 e. The van der Waals surface area contributed by atoms with Gasteiger partial charge in [0, 0.05) is 12.2 Å². The van der Waals surface area contributed by atoms with Crippen molar-refractivity contribution in [2.75, 3.05) is 13.2 Å². The van der Waals surface area contributed by atoms with Crippen LogP contribution in [0.4, 0.5) is 0 Å². The molecule has 0 spiro atoms. The lowest BCUT2D eigenvalue weighted by Gasteiger charge is -2.18. The number of halogens is 2. The zero-order chi connectivity index (χ0) is 22.7. The first kappa shape index (κ1) is 23.5. The number of ether oxygens (including phenoxy) is 2. The van der Waals surface area contributed by atoms with E-state index in [4.69, 9.17) is 21.7 Å². The second-order valence-electron chi connectivity index (χ2n) is 7.30. The molecule has 2 fully saturated rings. The maximum Gasteiger partial charge on any atom is 0.266 e. The van der Waals surface area contributed by atoms with Gasteiger partial charge in [-0.05, 0) is 74.5 Å². The predicted octanol–water partition coefficient (Wildman–Crippen LogP) is 6.04. The van der Waals surface area contributed by atoms with Crippen LogP contribution in [0, 0.1) is 11.3 Å². The van der Waals surface area contributed by atoms with E-state index in [-0.39, 0.29) is 18.6 Å². The van der Waals surface area contributed by atoms with Crippen molar-refractivity contribution in [1.29, 1.82) is 5.26 Å². The van der Waals surface area contributed by atoms with E-state index in [9.17, 15) is 10.1 Å². The average Bonchev–Trinajstić information content (AvgIpc) is 3.37. The lowest BCUT2D eigenvalue weighted by molar-refractivity contribution is -0.123. The van der Waals surface area contributed by atoms with E-state index in [1.54, 1.807) is 11.0 Å². The molecule has 0 aromatic heterocycles. The van der Waals surface area contributed by atoms with Gasteiger partial charge in [0.2, 0.25) is 0 Å². The molecular weight excluding hydrogens is 576 g/mol. The van der Waals surface area contributed by atoms with Crippen molar-refractivity contribution in [1.82, 2.24) is 4.90 Å². The Morgan fingerprint density at radius 3 is 2.75 bits per heavy atom. The summed E-state index contributed by atoms with van der Waals surface area (Å²) in [7, 11) is 0. The number of carbonyl (C=O) groups is 1. The Morgan fingerprint density at radius 1 is 1.31 bits per heavy atom. The maximum absolute atomic E-state index is 12.9. The van der Waals surface area contributed by atoms with Crippen LogP contribution in [-0.4, -0.2) is 34.4 Å². The van der Waals surface area contributed by atoms with Gasteiger partial charge < -0.3 is 9.47 Å². The van der Waals surface area contributed by atoms with Crippen molar-refractivity contribution in [3.8, 4) is 11.8 Å². The summed E-state index contributed by atoms with van der Waals surface area (Å²) < 4.78 is 13.7. The largest absolute Gasteiger partial charge is 0.486 e. The highest BCUT2D eigenvalue weighted by Crippen LogP contribution is 2.38. The normalized spacial score (nSPS) is 19.6. The van der Waals surface area contributed by atoms with Crippen molar-refractivity contribution < 1.29 is 14.3 Å². The second-order valence-corrected chi connectivity index (χ2v) is 10.7. The van der Waals surface area contributed by atoms with Gasteiger partial charge in [0.1, 0.15) is 16.7 Å². The number of benzene rings is 2. The summed E-state index contributed by atoms with van der Waals surface area (Å²) in [6.45, 7) is 1.52. The van der Waals surface area contributed by atoms with Gasteiger partial charge in [-0.1, -0.05) is 42.2 Å². The van der Waals surface area contributed by atoms with Crippen molar-refractivity contribution in [3.05, 3.63) is 66.9 Å². The van der Waals surface area contributed by atoms with Crippen LogP contribution in [0.5, 0.6) is 5.75 Å². The Morgan fingerprint density at radius 2 is 2.06 bits per heavy atom. The Balaban J connectivity index is 1.49. The molecule has 2 aliphatic heterocycles. The molecule has 0 aliphatic carbocycles. The molecule has 9 heteroatoms. The number of thiocarbonyl (C=S) groups is 1. The molecule has 2 aromatic rings. The van der Waals surface area contributed by atoms with Crippen LogP contribution in [-0.2, 0) is 16.1 Å². The van der Waals surface area contributed by atoms with Crippen LogP contribution < -0.4 is 4.74 Å². The fourth-order valence-electron chi connectivity index (χ4n) is 3.51. The Labute approximate surface area is 213 Å². The molecule has 2 aliphatic rings. The fraction of sp³-hybridized carbons (Fsp3) is 0.261. The topological polar surface area (TPSA) is 62.6 Å². The van der Waals surface area contributed by atoms with Gasteiger partial charge in [-0.25, -0.2) is 0 Å². The SMILES string of the molecule is N#Cc1ccccc1COc1c(Br)cc(/C=C2\SC(=S)N(C[C@H]3CCCO3)C2=O)cc1Br. The minimum atomic E-state index is -0.0869. The molecule has 2 saturated heterocycles. The number of amides is 1. The number of nitrogens with zero attached hydrogens (tertiary/aromatic N) is 2. The second kappa shape index (κ2) is 10.5. The molecule has 2 heterocycles. The van der Waals surface area contributed by atoms with E-state index in [0.29, 0.717) is 27.1 Å². The monoisotopic (exact) mass is 592 g/mol. The summed E-state index contributed by atoms with van der Waals surface area (Å²) in [5.74, 6) is 0.539. The van der Waals surface area contributed by atoms with Gasteiger partial charge in [-0.2, -0.15) is 5.26 Å². The van der Waals surface area contributed by atoms with Crippen molar-refractivity contribution in [3.63, 3.8) is 0 Å². The lowest BCUT2D eigenvalue weighted by atomic mass is 10.1. The Kier molecular flexibility index (Phi) is 7.69. The molecule has 0 N–H and O–H groups in total. The lowest BCUT2D eigenvalue weighted by Crippen LogP contribution is -2.35. The number of thioether (sulfide) groups is 1. The molecule has 0 unspecified atom stereocenters. The van der Waals surface area contributed by atoms with E-state index >= 15 is 0 Å². The van der Waals surface area contributed by atoms with Crippen molar-refractivity contribution >= 4 is 72.1 Å². The van der Waals surface area contributed by atoms with Gasteiger partial charge in [-0.3, -0.25) is 9.69 Å². The molecular formula is C23H18Br2N2O3S2. The molecule has 5 nitrogen and oxygen atoms in total. The summed E-state index contributed by atoms with van der Waals surface area (Å²) >= 11 is 13.9. The zero-order valence-corrected chi connectivity index (χ0v) is 21.7. The summed E-state index contributed by atoms with van der Waals surface area (Å²) in [6, 6.07) is 13.3. The van der Waals surface area contributed by atoms with Crippen LogP contribution in [0.15, 0.2) is 50.2 Å². The van der Waals surface area contributed by atoms with Crippen molar-refractivity contribution in [2.45, 2.75) is 25.6 Å². The van der Waals surface area contributed by atoms with Gasteiger partial charge in [0.05, 0.1) is 38.1 Å². The summed E-state index contributed by atoms with van der Waals surface area (Å²) in [4.78, 5) is 15.1. The fourth-order valence-corrected chi connectivity index (χ4v) is 6.23. The van der Waals surface area contributed by atoms with Crippen LogP contribution in [0.25, 0.3) is 6.08 Å². The summed E-state index contributed by atoms with van der Waals surface area (Å²) in [5, 5.41) is 9.26. The standard InChI is InChI=1S/C23H18Br2N2O3S2/c24-18-8-14(9-19(25)21(18)30-13-16-5-2-1-4-15(16)11-26)10-20-22(28)27(23(31)32-20)12-17-6-3-7-29-17/h1-2,4-5,8-10,17H,3,6-7,12-13H2/b20-10-/t17-/m1/s1. The zero-order valence-electron chi connectivity index (χ0n) is 16.8. The third-order valence-corrected chi connectivity index (χ3v) is 7.67. The molecule has 1 amide bonds. The summed E-state index contributed by atoms with van der Waals surface area (Å²) in [6.07, 6.45) is 3.87. The van der Waals surface area contributed by atoms with Gasteiger partial charge >= 0.3 is 0 Å². The molecule has 2 aromatic carbocycles. The van der Waals surface area contributed by atoms with Crippen LogP contribution >= 0.6 is 55.8 Å². The van der Waals surface area contributed by atoms with E-state index < -0.39 is 0 Å². The van der Waals surface area contributed by atoms with E-state index in [0.717, 1.165) is 39.5 Å². The average molecular weight is 594 g/mol. The smallest absolute Gasteiger partial charge is 0.266 e. The van der Waals surface area contributed by atoms with Crippen LogP contribution in [0.2, 0.25) is 0 Å². The van der Waals surface area contributed by atoms with E-state index in [2.05, 4.69) is 37.9 Å². The molecule has 0 saturated carbocycles. The molecule has 1 atom stereocenters. The van der Waals surface area contributed by atoms with Crippen molar-refractivity contribution in [2.24, 2.45) is 0 Å². The number of rotatable bonds is 6. The van der Waals surface area contributed by atoms with E-state index in [1.165, 1.54) is 11.8 Å². The minimum absolute atomic E-state index is 0.0581. The maximum atomic E-state index is 12.9. The number of hydrogen-bond acceptors (Lipinski definition) is 6. The first-order valence-electron chi connectivity index (χ1n) is 9.93.